The highest BCUT2D eigenvalue weighted by Gasteiger charge is 2.33. The first-order chi connectivity index (χ1) is 9.16. The van der Waals surface area contributed by atoms with Gasteiger partial charge in [-0.1, -0.05) is 43.5 Å². The van der Waals surface area contributed by atoms with E-state index in [1.165, 1.54) is 24.8 Å². The quantitative estimate of drug-likeness (QED) is 0.817. The van der Waals surface area contributed by atoms with Gasteiger partial charge in [0.05, 0.1) is 6.07 Å². The number of nitrogens with zero attached hydrogens (tertiary/aromatic N) is 1. The van der Waals surface area contributed by atoms with Crippen LogP contribution in [0.3, 0.4) is 0 Å². The summed E-state index contributed by atoms with van der Waals surface area (Å²) in [5, 5.41) is 9.16. The third-order valence-corrected chi connectivity index (χ3v) is 4.22. The lowest BCUT2D eigenvalue weighted by Crippen LogP contribution is -2.28. The predicted molar refractivity (Wildman–Crippen MR) is 75.8 cm³/mol. The van der Waals surface area contributed by atoms with Gasteiger partial charge in [0.15, 0.2) is 0 Å². The molecule has 0 atom stereocenters. The standard InChI is InChI=1S/C17H21NO/c1-14(19)12-15-6-5-7-16(13-15)17(10-11-18)8-3-2-4-9-17/h5-7,13H,2-4,8-10,12H2,1H3. The Kier molecular flexibility index (Phi) is 4.37. The second-order valence-corrected chi connectivity index (χ2v) is 5.76. The zero-order chi connectivity index (χ0) is 13.7. The number of hydrogen-bond acceptors (Lipinski definition) is 2. The number of rotatable bonds is 4. The van der Waals surface area contributed by atoms with Crippen molar-refractivity contribution < 1.29 is 4.79 Å². The van der Waals surface area contributed by atoms with Gasteiger partial charge in [-0.25, -0.2) is 0 Å². The van der Waals surface area contributed by atoms with Crippen LogP contribution in [0.4, 0.5) is 0 Å². The Labute approximate surface area is 115 Å². The second kappa shape index (κ2) is 6.02. The van der Waals surface area contributed by atoms with Crippen LogP contribution in [-0.2, 0) is 16.6 Å². The van der Waals surface area contributed by atoms with E-state index < -0.39 is 0 Å². The van der Waals surface area contributed by atoms with Crippen molar-refractivity contribution in [2.75, 3.05) is 0 Å². The minimum Gasteiger partial charge on any atom is -0.300 e. The topological polar surface area (TPSA) is 40.9 Å². The van der Waals surface area contributed by atoms with E-state index in [0.717, 1.165) is 18.4 Å². The van der Waals surface area contributed by atoms with Crippen LogP contribution in [0.25, 0.3) is 0 Å². The highest BCUT2D eigenvalue weighted by Crippen LogP contribution is 2.42. The van der Waals surface area contributed by atoms with E-state index in [1.807, 2.05) is 12.1 Å². The summed E-state index contributed by atoms with van der Waals surface area (Å²) in [6.07, 6.45) is 6.98. The number of ketones is 1. The van der Waals surface area contributed by atoms with Crippen molar-refractivity contribution in [2.45, 2.75) is 57.3 Å². The number of carbonyl (C=O) groups excluding carboxylic acids is 1. The highest BCUT2D eigenvalue weighted by molar-refractivity contribution is 5.78. The molecule has 19 heavy (non-hydrogen) atoms. The van der Waals surface area contributed by atoms with Gasteiger partial charge < -0.3 is 0 Å². The first-order valence-corrected chi connectivity index (χ1v) is 7.12. The van der Waals surface area contributed by atoms with Crippen LogP contribution in [0.5, 0.6) is 0 Å². The summed E-state index contributed by atoms with van der Waals surface area (Å²) in [6.45, 7) is 1.62. The third-order valence-electron chi connectivity index (χ3n) is 4.22. The molecule has 0 aromatic heterocycles. The third kappa shape index (κ3) is 3.23. The molecule has 0 heterocycles. The summed E-state index contributed by atoms with van der Waals surface area (Å²) in [5.41, 5.74) is 2.36. The molecule has 0 aliphatic heterocycles. The molecule has 1 fully saturated rings. The minimum atomic E-state index is 0.0276. The number of nitriles is 1. The van der Waals surface area contributed by atoms with E-state index >= 15 is 0 Å². The first kappa shape index (κ1) is 13.8. The normalized spacial score (nSPS) is 17.7. The molecule has 0 radical (unpaired) electrons. The molecule has 0 bridgehead atoms. The fourth-order valence-corrected chi connectivity index (χ4v) is 3.25. The fraction of sp³-hybridized carbons (Fsp3) is 0.529. The summed E-state index contributed by atoms with van der Waals surface area (Å²) < 4.78 is 0. The van der Waals surface area contributed by atoms with Crippen LogP contribution in [0.2, 0.25) is 0 Å². The lowest BCUT2D eigenvalue weighted by Gasteiger charge is -2.36. The average molecular weight is 255 g/mol. The lowest BCUT2D eigenvalue weighted by atomic mass is 9.67. The maximum absolute atomic E-state index is 11.3. The number of benzene rings is 1. The van der Waals surface area contributed by atoms with E-state index in [4.69, 9.17) is 5.26 Å². The largest absolute Gasteiger partial charge is 0.300 e. The van der Waals surface area contributed by atoms with Gasteiger partial charge in [0, 0.05) is 18.3 Å². The van der Waals surface area contributed by atoms with Gasteiger partial charge in [-0.05, 0) is 30.9 Å². The van der Waals surface area contributed by atoms with Crippen molar-refractivity contribution in [3.05, 3.63) is 35.4 Å². The Hall–Kier alpha value is -1.62. The Morgan fingerprint density at radius 1 is 1.32 bits per heavy atom. The number of carbonyl (C=O) groups is 1. The predicted octanol–water partition coefficient (Wildman–Crippen LogP) is 3.93. The summed E-state index contributed by atoms with van der Waals surface area (Å²) in [6, 6.07) is 10.7. The van der Waals surface area contributed by atoms with E-state index in [1.54, 1.807) is 6.92 Å². The summed E-state index contributed by atoms with van der Waals surface area (Å²) >= 11 is 0. The maximum Gasteiger partial charge on any atom is 0.134 e. The minimum absolute atomic E-state index is 0.0276. The van der Waals surface area contributed by atoms with Gasteiger partial charge in [0.25, 0.3) is 0 Å². The number of hydrogen-bond donors (Lipinski definition) is 0. The molecule has 2 rings (SSSR count). The maximum atomic E-state index is 11.3. The van der Waals surface area contributed by atoms with Gasteiger partial charge in [-0.15, -0.1) is 0 Å². The lowest BCUT2D eigenvalue weighted by molar-refractivity contribution is -0.116. The zero-order valence-electron chi connectivity index (χ0n) is 11.6. The van der Waals surface area contributed by atoms with Crippen molar-refractivity contribution in [1.82, 2.24) is 0 Å². The molecule has 0 unspecified atom stereocenters. The van der Waals surface area contributed by atoms with E-state index in [-0.39, 0.29) is 11.2 Å². The molecule has 2 nitrogen and oxygen atoms in total. The van der Waals surface area contributed by atoms with E-state index in [2.05, 4.69) is 18.2 Å². The Morgan fingerprint density at radius 3 is 2.68 bits per heavy atom. The van der Waals surface area contributed by atoms with Gasteiger partial charge in [0.1, 0.15) is 5.78 Å². The molecule has 1 aromatic rings. The molecular formula is C17H21NO. The summed E-state index contributed by atoms with van der Waals surface area (Å²) in [7, 11) is 0. The smallest absolute Gasteiger partial charge is 0.134 e. The molecule has 0 saturated heterocycles. The molecule has 1 aliphatic carbocycles. The van der Waals surface area contributed by atoms with E-state index in [0.29, 0.717) is 12.8 Å². The molecule has 1 aliphatic rings. The molecule has 0 amide bonds. The average Bonchev–Trinajstić information content (AvgIpc) is 2.40. The van der Waals surface area contributed by atoms with Gasteiger partial charge in [-0.2, -0.15) is 5.26 Å². The fourth-order valence-electron chi connectivity index (χ4n) is 3.25. The monoisotopic (exact) mass is 255 g/mol. The Bertz CT molecular complexity index is 492. The summed E-state index contributed by atoms with van der Waals surface area (Å²) in [4.78, 5) is 11.3. The molecule has 0 N–H and O–H groups in total. The Morgan fingerprint density at radius 2 is 2.05 bits per heavy atom. The van der Waals surface area contributed by atoms with Gasteiger partial charge >= 0.3 is 0 Å². The van der Waals surface area contributed by atoms with Crippen LogP contribution in [0.15, 0.2) is 24.3 Å². The molecule has 100 valence electrons. The van der Waals surface area contributed by atoms with Crippen molar-refractivity contribution >= 4 is 5.78 Å². The van der Waals surface area contributed by atoms with Crippen LogP contribution >= 0.6 is 0 Å². The molecule has 0 spiro atoms. The SMILES string of the molecule is CC(=O)Cc1cccc(C2(CC#N)CCCCC2)c1. The first-order valence-electron chi connectivity index (χ1n) is 7.12. The second-order valence-electron chi connectivity index (χ2n) is 5.76. The molecule has 1 aromatic carbocycles. The van der Waals surface area contributed by atoms with Crippen molar-refractivity contribution in [2.24, 2.45) is 0 Å². The van der Waals surface area contributed by atoms with Crippen molar-refractivity contribution in [3.8, 4) is 6.07 Å². The molecule has 1 saturated carbocycles. The van der Waals surface area contributed by atoms with Gasteiger partial charge in [-0.3, -0.25) is 4.79 Å². The van der Waals surface area contributed by atoms with Crippen LogP contribution < -0.4 is 0 Å². The zero-order valence-corrected chi connectivity index (χ0v) is 11.6. The van der Waals surface area contributed by atoms with Gasteiger partial charge in [0.2, 0.25) is 0 Å². The van der Waals surface area contributed by atoms with Crippen molar-refractivity contribution in [1.29, 1.82) is 5.26 Å². The van der Waals surface area contributed by atoms with Crippen LogP contribution in [0, 0.1) is 11.3 Å². The van der Waals surface area contributed by atoms with Crippen LogP contribution in [-0.4, -0.2) is 5.78 Å². The molecular weight excluding hydrogens is 234 g/mol. The van der Waals surface area contributed by atoms with E-state index in [9.17, 15) is 4.79 Å². The van der Waals surface area contributed by atoms with Crippen LogP contribution in [0.1, 0.15) is 56.6 Å². The molecule has 2 heteroatoms. The summed E-state index contributed by atoms with van der Waals surface area (Å²) in [5.74, 6) is 0.190. The number of Topliss-reactive ketones (excluding diaryl/α,β-unsaturated/α-hetero) is 1. The Balaban J connectivity index is 2.31. The van der Waals surface area contributed by atoms with Crippen molar-refractivity contribution in [3.63, 3.8) is 0 Å². The highest BCUT2D eigenvalue weighted by atomic mass is 16.1.